The predicted molar refractivity (Wildman–Crippen MR) is 63.3 cm³/mol. The van der Waals surface area contributed by atoms with Crippen LogP contribution < -0.4 is 0 Å². The van der Waals surface area contributed by atoms with Gasteiger partial charge < -0.3 is 5.11 Å². The minimum Gasteiger partial charge on any atom is -0.388 e. The van der Waals surface area contributed by atoms with Crippen molar-refractivity contribution in [2.75, 3.05) is 0 Å². The van der Waals surface area contributed by atoms with E-state index in [1.165, 1.54) is 0 Å². The molecule has 0 fully saturated rings. The summed E-state index contributed by atoms with van der Waals surface area (Å²) in [6.45, 7) is 4.14. The molecule has 17 heavy (non-hydrogen) atoms. The molecule has 0 bridgehead atoms. The van der Waals surface area contributed by atoms with Gasteiger partial charge in [0.2, 0.25) is 0 Å². The van der Waals surface area contributed by atoms with Crippen molar-refractivity contribution >= 4 is 0 Å². The third kappa shape index (κ3) is 2.88. The Morgan fingerprint density at radius 2 is 2.12 bits per heavy atom. The lowest BCUT2D eigenvalue weighted by Crippen LogP contribution is -2.05. The molecule has 2 rings (SSSR count). The van der Waals surface area contributed by atoms with Gasteiger partial charge in [0.1, 0.15) is 0 Å². The maximum atomic E-state index is 10.0. The second-order valence-corrected chi connectivity index (χ2v) is 4.28. The van der Waals surface area contributed by atoms with Gasteiger partial charge in [-0.3, -0.25) is 4.68 Å². The number of rotatable bonds is 4. The number of aliphatic hydroxyl groups is 1. The second kappa shape index (κ2) is 5.05. The molecule has 0 saturated heterocycles. The molecule has 2 aromatic heterocycles. The molecule has 5 heteroatoms. The highest BCUT2D eigenvalue weighted by molar-refractivity contribution is 5.13. The molecule has 0 spiro atoms. The molecule has 1 atom stereocenters. The van der Waals surface area contributed by atoms with Crippen LogP contribution in [0.15, 0.2) is 30.7 Å². The molecule has 0 aliphatic carbocycles. The zero-order valence-electron chi connectivity index (χ0n) is 9.98. The van der Waals surface area contributed by atoms with E-state index in [-0.39, 0.29) is 0 Å². The van der Waals surface area contributed by atoms with E-state index < -0.39 is 6.10 Å². The summed E-state index contributed by atoms with van der Waals surface area (Å²) in [4.78, 5) is 0. The number of hydrogen-bond donors (Lipinski definition) is 1. The molecule has 1 N–H and O–H groups in total. The van der Waals surface area contributed by atoms with E-state index in [4.69, 9.17) is 0 Å². The molecular formula is C12H16N4O. The Hall–Kier alpha value is -1.75. The summed E-state index contributed by atoms with van der Waals surface area (Å²) in [7, 11) is 0. The van der Waals surface area contributed by atoms with E-state index in [9.17, 15) is 5.11 Å². The molecule has 0 aliphatic rings. The molecule has 2 aromatic rings. The van der Waals surface area contributed by atoms with Crippen LogP contribution in [0.5, 0.6) is 0 Å². The van der Waals surface area contributed by atoms with Gasteiger partial charge in [-0.1, -0.05) is 0 Å². The quantitative estimate of drug-likeness (QED) is 0.868. The first-order chi connectivity index (χ1) is 8.16. The van der Waals surface area contributed by atoms with E-state index in [2.05, 4.69) is 29.1 Å². The lowest BCUT2D eigenvalue weighted by atomic mass is 10.1. The monoisotopic (exact) mass is 232 g/mol. The smallest absolute Gasteiger partial charge is 0.0862 e. The van der Waals surface area contributed by atoms with Crippen LogP contribution in [0.3, 0.4) is 0 Å². The molecule has 0 aromatic carbocycles. The van der Waals surface area contributed by atoms with Gasteiger partial charge in [0.05, 0.1) is 18.0 Å². The Morgan fingerprint density at radius 3 is 2.71 bits per heavy atom. The van der Waals surface area contributed by atoms with Crippen molar-refractivity contribution in [1.82, 2.24) is 20.0 Å². The van der Waals surface area contributed by atoms with Gasteiger partial charge in [0, 0.05) is 30.4 Å². The summed E-state index contributed by atoms with van der Waals surface area (Å²) in [5, 5.41) is 21.8. The van der Waals surface area contributed by atoms with E-state index in [0.717, 1.165) is 11.3 Å². The Balaban J connectivity index is 2.05. The molecule has 2 heterocycles. The Bertz CT molecular complexity index is 466. The van der Waals surface area contributed by atoms with Crippen LogP contribution in [0.1, 0.15) is 37.3 Å². The van der Waals surface area contributed by atoms with Crippen LogP contribution in [0.4, 0.5) is 0 Å². The average Bonchev–Trinajstić information content (AvgIpc) is 2.79. The molecule has 0 amide bonds. The zero-order valence-corrected chi connectivity index (χ0v) is 9.98. The maximum Gasteiger partial charge on any atom is 0.0862 e. The van der Waals surface area contributed by atoms with Crippen LogP contribution >= 0.6 is 0 Å². The summed E-state index contributed by atoms with van der Waals surface area (Å²) in [6, 6.07) is 4.03. The molecule has 1 unspecified atom stereocenters. The van der Waals surface area contributed by atoms with E-state index in [1.54, 1.807) is 18.5 Å². The van der Waals surface area contributed by atoms with Gasteiger partial charge in [-0.05, 0) is 26.0 Å². The fourth-order valence-electron chi connectivity index (χ4n) is 1.59. The van der Waals surface area contributed by atoms with Gasteiger partial charge in [-0.15, -0.1) is 0 Å². The van der Waals surface area contributed by atoms with E-state index in [1.807, 2.05) is 16.9 Å². The normalized spacial score (nSPS) is 12.9. The lowest BCUT2D eigenvalue weighted by Gasteiger charge is -2.08. The lowest BCUT2D eigenvalue weighted by molar-refractivity contribution is 0.176. The first-order valence-electron chi connectivity index (χ1n) is 5.65. The van der Waals surface area contributed by atoms with Gasteiger partial charge in [0.25, 0.3) is 0 Å². The van der Waals surface area contributed by atoms with Crippen molar-refractivity contribution in [3.05, 3.63) is 42.0 Å². The highest BCUT2D eigenvalue weighted by Gasteiger charge is 2.11. The number of aromatic nitrogens is 4. The first kappa shape index (κ1) is 11.7. The van der Waals surface area contributed by atoms with Crippen molar-refractivity contribution in [1.29, 1.82) is 0 Å². The summed E-state index contributed by atoms with van der Waals surface area (Å²) in [6.07, 6.45) is 4.99. The molecular weight excluding hydrogens is 216 g/mol. The van der Waals surface area contributed by atoms with Crippen LogP contribution in [0.2, 0.25) is 0 Å². The number of hydrogen-bond acceptors (Lipinski definition) is 4. The molecule has 0 saturated carbocycles. The third-order valence-electron chi connectivity index (χ3n) is 2.59. The topological polar surface area (TPSA) is 63.8 Å². The van der Waals surface area contributed by atoms with Gasteiger partial charge in [-0.25, -0.2) is 0 Å². The highest BCUT2D eigenvalue weighted by atomic mass is 16.3. The third-order valence-corrected chi connectivity index (χ3v) is 2.59. The van der Waals surface area contributed by atoms with Crippen molar-refractivity contribution in [2.24, 2.45) is 0 Å². The van der Waals surface area contributed by atoms with Crippen LogP contribution in [0, 0.1) is 0 Å². The van der Waals surface area contributed by atoms with Crippen molar-refractivity contribution in [3.63, 3.8) is 0 Å². The first-order valence-corrected chi connectivity index (χ1v) is 5.65. The average molecular weight is 232 g/mol. The van der Waals surface area contributed by atoms with Crippen molar-refractivity contribution in [3.8, 4) is 0 Å². The van der Waals surface area contributed by atoms with E-state index in [0.29, 0.717) is 12.5 Å². The zero-order chi connectivity index (χ0) is 12.3. The van der Waals surface area contributed by atoms with Crippen LogP contribution in [-0.2, 0) is 6.42 Å². The largest absolute Gasteiger partial charge is 0.388 e. The fraction of sp³-hybridized carbons (Fsp3) is 0.417. The predicted octanol–water partition coefficient (Wildman–Crippen LogP) is 1.53. The van der Waals surface area contributed by atoms with Gasteiger partial charge in [-0.2, -0.15) is 15.3 Å². The minimum absolute atomic E-state index is 0.337. The van der Waals surface area contributed by atoms with E-state index >= 15 is 0 Å². The highest BCUT2D eigenvalue weighted by Crippen LogP contribution is 2.16. The molecule has 90 valence electrons. The maximum absolute atomic E-state index is 10.0. The number of nitrogens with zero attached hydrogens (tertiary/aromatic N) is 4. The van der Waals surface area contributed by atoms with Crippen molar-refractivity contribution < 1.29 is 5.11 Å². The minimum atomic E-state index is -0.582. The molecule has 0 aliphatic heterocycles. The van der Waals surface area contributed by atoms with Gasteiger partial charge in [0.15, 0.2) is 0 Å². The Morgan fingerprint density at radius 1 is 1.29 bits per heavy atom. The summed E-state index contributed by atoms with van der Waals surface area (Å²) >= 11 is 0. The van der Waals surface area contributed by atoms with Crippen molar-refractivity contribution in [2.45, 2.75) is 32.4 Å². The van der Waals surface area contributed by atoms with Crippen LogP contribution in [0.25, 0.3) is 0 Å². The summed E-state index contributed by atoms with van der Waals surface area (Å²) in [5.41, 5.74) is 1.64. The SMILES string of the molecule is CC(C)n1ccc(CC(O)c2ccnnc2)n1. The molecule has 5 nitrogen and oxygen atoms in total. The summed E-state index contributed by atoms with van der Waals surface area (Å²) in [5.74, 6) is 0. The standard InChI is InChI=1S/C12H16N4O/c1-9(2)16-6-4-11(15-16)7-12(17)10-3-5-13-14-8-10/h3-6,8-9,12,17H,7H2,1-2H3. The Labute approximate surface area is 100 Å². The second-order valence-electron chi connectivity index (χ2n) is 4.28. The fourth-order valence-corrected chi connectivity index (χ4v) is 1.59. The molecule has 0 radical (unpaired) electrons. The Kier molecular flexibility index (Phi) is 3.49. The summed E-state index contributed by atoms with van der Waals surface area (Å²) < 4.78 is 1.88. The van der Waals surface area contributed by atoms with Gasteiger partial charge >= 0.3 is 0 Å². The number of aliphatic hydroxyl groups excluding tert-OH is 1. The van der Waals surface area contributed by atoms with Crippen LogP contribution in [-0.4, -0.2) is 25.1 Å².